The van der Waals surface area contributed by atoms with Crippen molar-refractivity contribution in [2.24, 2.45) is 17.8 Å². The van der Waals surface area contributed by atoms with E-state index in [1.807, 2.05) is 17.9 Å². The lowest BCUT2D eigenvalue weighted by Gasteiger charge is -2.39. The van der Waals surface area contributed by atoms with Crippen molar-refractivity contribution in [3.05, 3.63) is 34.2 Å². The summed E-state index contributed by atoms with van der Waals surface area (Å²) in [6.45, 7) is 2.71. The molecular formula is C21H29N3O4. The van der Waals surface area contributed by atoms with Gasteiger partial charge in [0.2, 0.25) is 11.8 Å². The molecule has 1 aliphatic carbocycles. The summed E-state index contributed by atoms with van der Waals surface area (Å²) >= 11 is 0. The summed E-state index contributed by atoms with van der Waals surface area (Å²) < 4.78 is 1.68. The molecule has 2 bridgehead atoms. The van der Waals surface area contributed by atoms with Crippen LogP contribution in [0.1, 0.15) is 50.8 Å². The number of aromatic nitrogens is 1. The van der Waals surface area contributed by atoms with Crippen LogP contribution in [0, 0.1) is 17.8 Å². The van der Waals surface area contributed by atoms with Gasteiger partial charge in [0.1, 0.15) is 0 Å². The van der Waals surface area contributed by atoms with Gasteiger partial charge in [-0.15, -0.1) is 0 Å². The van der Waals surface area contributed by atoms with Gasteiger partial charge >= 0.3 is 0 Å². The van der Waals surface area contributed by atoms with Gasteiger partial charge in [-0.3, -0.25) is 14.4 Å². The smallest absolute Gasteiger partial charge is 0.250 e. The van der Waals surface area contributed by atoms with Crippen LogP contribution in [0.3, 0.4) is 0 Å². The SMILES string of the molecule is CCCNC(=O)[C@@H]1[C@@H](CO)[C@@H]2Cn3c(cccc3=O)[C@H]1N2C(=O)C1CCCC1. The first kappa shape index (κ1) is 19.2. The zero-order chi connectivity index (χ0) is 19.8. The highest BCUT2D eigenvalue weighted by molar-refractivity contribution is 5.85. The van der Waals surface area contributed by atoms with Crippen LogP contribution in [0.5, 0.6) is 0 Å². The van der Waals surface area contributed by atoms with Crippen LogP contribution < -0.4 is 10.9 Å². The summed E-state index contributed by atoms with van der Waals surface area (Å²) in [7, 11) is 0. The molecule has 1 aromatic rings. The molecule has 4 rings (SSSR count). The molecule has 0 radical (unpaired) electrons. The lowest BCUT2D eigenvalue weighted by atomic mass is 9.86. The van der Waals surface area contributed by atoms with Gasteiger partial charge in [-0.25, -0.2) is 0 Å². The van der Waals surface area contributed by atoms with Crippen molar-refractivity contribution in [1.29, 1.82) is 0 Å². The number of fused-ring (bicyclic) bond motifs is 4. The summed E-state index contributed by atoms with van der Waals surface area (Å²) in [5.41, 5.74) is 0.592. The Morgan fingerprint density at radius 2 is 2.00 bits per heavy atom. The van der Waals surface area contributed by atoms with Crippen LogP contribution >= 0.6 is 0 Å². The molecule has 0 spiro atoms. The number of hydrogen-bond acceptors (Lipinski definition) is 4. The molecule has 3 aliphatic rings. The number of hydrogen-bond donors (Lipinski definition) is 2. The van der Waals surface area contributed by atoms with Crippen molar-refractivity contribution in [3.63, 3.8) is 0 Å². The molecule has 1 aromatic heterocycles. The van der Waals surface area contributed by atoms with E-state index >= 15 is 0 Å². The van der Waals surface area contributed by atoms with Gasteiger partial charge in [-0.05, 0) is 25.3 Å². The highest BCUT2D eigenvalue weighted by Crippen LogP contribution is 2.49. The number of aliphatic hydroxyl groups excluding tert-OH is 1. The third-order valence-electron chi connectivity index (χ3n) is 6.73. The van der Waals surface area contributed by atoms with Crippen molar-refractivity contribution in [3.8, 4) is 0 Å². The topological polar surface area (TPSA) is 91.6 Å². The van der Waals surface area contributed by atoms with Gasteiger partial charge in [0.05, 0.1) is 18.0 Å². The molecule has 0 aromatic carbocycles. The van der Waals surface area contributed by atoms with E-state index in [0.717, 1.165) is 32.1 Å². The van der Waals surface area contributed by atoms with Crippen LogP contribution in [0.4, 0.5) is 0 Å². The van der Waals surface area contributed by atoms with E-state index in [0.29, 0.717) is 18.8 Å². The lowest BCUT2D eigenvalue weighted by Crippen LogP contribution is -2.50. The molecule has 2 amide bonds. The Labute approximate surface area is 164 Å². The molecule has 152 valence electrons. The number of aliphatic hydroxyl groups is 1. The highest BCUT2D eigenvalue weighted by atomic mass is 16.3. The monoisotopic (exact) mass is 387 g/mol. The van der Waals surface area contributed by atoms with Gasteiger partial charge in [0, 0.05) is 43.3 Å². The second-order valence-corrected chi connectivity index (χ2v) is 8.30. The Balaban J connectivity index is 1.78. The van der Waals surface area contributed by atoms with Gasteiger partial charge in [-0.2, -0.15) is 0 Å². The fourth-order valence-electron chi connectivity index (χ4n) is 5.41. The second kappa shape index (κ2) is 7.70. The van der Waals surface area contributed by atoms with E-state index in [1.165, 1.54) is 6.07 Å². The van der Waals surface area contributed by atoms with E-state index in [9.17, 15) is 19.5 Å². The van der Waals surface area contributed by atoms with Crippen molar-refractivity contribution >= 4 is 11.8 Å². The zero-order valence-electron chi connectivity index (χ0n) is 16.3. The zero-order valence-corrected chi connectivity index (χ0v) is 16.3. The summed E-state index contributed by atoms with van der Waals surface area (Å²) in [4.78, 5) is 40.8. The van der Waals surface area contributed by atoms with Crippen LogP contribution in [-0.2, 0) is 16.1 Å². The minimum atomic E-state index is -0.539. The van der Waals surface area contributed by atoms with Gasteiger partial charge < -0.3 is 19.9 Å². The minimum Gasteiger partial charge on any atom is -0.396 e. The number of nitrogens with one attached hydrogen (secondary N) is 1. The molecule has 28 heavy (non-hydrogen) atoms. The largest absolute Gasteiger partial charge is 0.396 e. The minimum absolute atomic E-state index is 0.0104. The third-order valence-corrected chi connectivity index (χ3v) is 6.73. The van der Waals surface area contributed by atoms with Crippen molar-refractivity contribution < 1.29 is 14.7 Å². The van der Waals surface area contributed by atoms with E-state index < -0.39 is 12.0 Å². The first-order valence-electron chi connectivity index (χ1n) is 10.5. The van der Waals surface area contributed by atoms with E-state index in [2.05, 4.69) is 5.32 Å². The van der Waals surface area contributed by atoms with E-state index in [4.69, 9.17) is 0 Å². The molecule has 7 heteroatoms. The Kier molecular flexibility index (Phi) is 5.27. The molecule has 0 unspecified atom stereocenters. The first-order chi connectivity index (χ1) is 13.6. The third kappa shape index (κ3) is 2.96. The molecular weight excluding hydrogens is 358 g/mol. The fraction of sp³-hybridized carbons (Fsp3) is 0.667. The van der Waals surface area contributed by atoms with E-state index in [1.54, 1.807) is 10.6 Å². The molecule has 1 saturated carbocycles. The highest BCUT2D eigenvalue weighted by Gasteiger charge is 2.57. The molecule has 2 fully saturated rings. The number of amides is 2. The molecule has 2 aliphatic heterocycles. The maximum absolute atomic E-state index is 13.4. The summed E-state index contributed by atoms with van der Waals surface area (Å²) in [6, 6.07) is 4.23. The van der Waals surface area contributed by atoms with Crippen LogP contribution in [-0.4, -0.2) is 45.6 Å². The van der Waals surface area contributed by atoms with Crippen molar-refractivity contribution in [2.45, 2.75) is 57.7 Å². The number of carbonyl (C=O) groups excluding carboxylic acids is 2. The number of nitrogens with zero attached hydrogens (tertiary/aromatic N) is 2. The standard InChI is InChI=1S/C21H29N3O4/c1-2-10-22-20(27)18-14(12-25)16-11-23-15(8-5-9-17(23)26)19(18)24(16)21(28)13-6-3-4-7-13/h5,8-9,13-14,16,18-19,25H,2-4,6-7,10-12H2,1H3,(H,22,27)/t14-,16-,18+,19+/m0/s1. The molecule has 7 nitrogen and oxygen atoms in total. The molecule has 4 atom stereocenters. The molecule has 3 heterocycles. The number of carbonyl (C=O) groups is 2. The second-order valence-electron chi connectivity index (χ2n) is 8.30. The predicted octanol–water partition coefficient (Wildman–Crippen LogP) is 1.05. The summed E-state index contributed by atoms with van der Waals surface area (Å²) in [5, 5.41) is 13.1. The van der Waals surface area contributed by atoms with Crippen LogP contribution in [0.2, 0.25) is 0 Å². The van der Waals surface area contributed by atoms with Gasteiger partial charge in [0.15, 0.2) is 0 Å². The quantitative estimate of drug-likeness (QED) is 0.790. The number of rotatable bonds is 5. The Hall–Kier alpha value is -2.15. The molecule has 2 N–H and O–H groups in total. The molecule has 1 saturated heterocycles. The van der Waals surface area contributed by atoms with Crippen LogP contribution in [0.15, 0.2) is 23.0 Å². The lowest BCUT2D eigenvalue weighted by molar-refractivity contribution is -0.141. The average Bonchev–Trinajstić information content (AvgIpc) is 3.31. The maximum atomic E-state index is 13.4. The summed E-state index contributed by atoms with van der Waals surface area (Å²) in [5.74, 6) is -0.973. The average molecular weight is 387 g/mol. The normalized spacial score (nSPS) is 29.0. The first-order valence-corrected chi connectivity index (χ1v) is 10.5. The Bertz CT molecular complexity index is 814. The van der Waals surface area contributed by atoms with E-state index in [-0.39, 0.29) is 41.9 Å². The van der Waals surface area contributed by atoms with Crippen molar-refractivity contribution in [1.82, 2.24) is 14.8 Å². The summed E-state index contributed by atoms with van der Waals surface area (Å²) in [6.07, 6.45) is 4.69. The fourth-order valence-corrected chi connectivity index (χ4v) is 5.41. The van der Waals surface area contributed by atoms with Gasteiger partial charge in [-0.1, -0.05) is 25.8 Å². The van der Waals surface area contributed by atoms with Crippen LogP contribution in [0.25, 0.3) is 0 Å². The Morgan fingerprint density at radius 3 is 2.68 bits per heavy atom. The maximum Gasteiger partial charge on any atom is 0.250 e. The van der Waals surface area contributed by atoms with Crippen molar-refractivity contribution in [2.75, 3.05) is 13.2 Å². The van der Waals surface area contributed by atoms with Gasteiger partial charge in [0.25, 0.3) is 5.56 Å². The number of pyridine rings is 1. The predicted molar refractivity (Wildman–Crippen MR) is 103 cm³/mol. The Morgan fingerprint density at radius 1 is 1.25 bits per heavy atom.